The van der Waals surface area contributed by atoms with Crippen molar-refractivity contribution in [1.82, 2.24) is 0 Å². The summed E-state index contributed by atoms with van der Waals surface area (Å²) in [5.41, 5.74) is 5.25. The zero-order chi connectivity index (χ0) is 40.3. The summed E-state index contributed by atoms with van der Waals surface area (Å²) < 4.78 is 62.5. The summed E-state index contributed by atoms with van der Waals surface area (Å²) in [6, 6.07) is 37.1. The van der Waals surface area contributed by atoms with Gasteiger partial charge in [-0.05, 0) is 57.6 Å². The van der Waals surface area contributed by atoms with E-state index in [-0.39, 0.29) is 49.8 Å². The highest BCUT2D eigenvalue weighted by atomic mass is 16.7. The molecule has 3 heterocycles. The van der Waals surface area contributed by atoms with Crippen LogP contribution in [-0.4, -0.2) is 69.9 Å². The number of ether oxygens (including phenoxy) is 10. The number of carbonyl (C=O) groups is 1. The molecule has 5 aromatic carbocycles. The normalized spacial score (nSPS) is 25.3. The molecule has 0 saturated carbocycles. The monoisotopic (exact) mass is 802 g/mol. The van der Waals surface area contributed by atoms with Crippen molar-refractivity contribution in [1.29, 1.82) is 0 Å². The van der Waals surface area contributed by atoms with Gasteiger partial charge >= 0.3 is 5.97 Å². The minimum Gasteiger partial charge on any atom is -0.502 e. The highest BCUT2D eigenvalue weighted by Crippen LogP contribution is 2.57. The number of hydrogen-bond donors (Lipinski definition) is 1. The summed E-state index contributed by atoms with van der Waals surface area (Å²) in [6.07, 6.45) is -3.53. The Hall–Kier alpha value is -5.63. The average Bonchev–Trinajstić information content (AvgIpc) is 3.99. The molecule has 12 nitrogen and oxygen atoms in total. The number of fused-ring (bicyclic) bond motifs is 3. The molecule has 4 aliphatic rings. The number of carbonyl (C=O) groups excluding carboxylic acids is 1. The molecule has 306 valence electrons. The van der Waals surface area contributed by atoms with Gasteiger partial charge in [0.1, 0.15) is 18.3 Å². The van der Waals surface area contributed by atoms with Gasteiger partial charge in [-0.15, -0.1) is 0 Å². The molecule has 0 bridgehead atoms. The van der Waals surface area contributed by atoms with Gasteiger partial charge in [0.25, 0.3) is 0 Å². The molecule has 5 aromatic rings. The second-order valence-electron chi connectivity index (χ2n) is 15.0. The number of rotatable bonds is 15. The lowest BCUT2D eigenvalue weighted by Crippen LogP contribution is -2.42. The Labute approximate surface area is 342 Å². The Morgan fingerprint density at radius 1 is 0.678 bits per heavy atom. The number of benzene rings is 5. The number of hydrogen-bond acceptors (Lipinski definition) is 12. The van der Waals surface area contributed by atoms with Crippen LogP contribution in [0.25, 0.3) is 0 Å². The number of phenols is 1. The molecule has 1 N–H and O–H groups in total. The standard InChI is InChI=1S/C47H46O12/c1-50-37-18-31(19-38(51-2)42(37)48)40-32-20-35-36(57-27-56-35)21-33(32)43(34-25-55-46(49)41(34)40)59-47-45(54-24-30-16-10-5-11-17-30)44(53-23-29-14-8-4-9-15-29)39(58-47)26-52-22-28-12-6-3-7-13-28/h3-21,34,39-41,43-45,47-48H,22-27H2,1-2H3/t34-,39+,40+,41?,43+,44+,45-,47+/m0/s1. The van der Waals surface area contributed by atoms with Crippen LogP contribution >= 0.6 is 0 Å². The Bertz CT molecular complexity index is 2190. The van der Waals surface area contributed by atoms with E-state index in [9.17, 15) is 9.90 Å². The van der Waals surface area contributed by atoms with Crippen LogP contribution < -0.4 is 18.9 Å². The summed E-state index contributed by atoms with van der Waals surface area (Å²) in [7, 11) is 2.94. The summed E-state index contributed by atoms with van der Waals surface area (Å²) in [6.45, 7) is 1.33. The van der Waals surface area contributed by atoms with Crippen molar-refractivity contribution >= 4 is 5.97 Å². The maximum atomic E-state index is 13.9. The van der Waals surface area contributed by atoms with Crippen LogP contribution in [0.5, 0.6) is 28.7 Å². The molecule has 0 radical (unpaired) electrons. The van der Waals surface area contributed by atoms with Gasteiger partial charge < -0.3 is 52.5 Å². The minimum absolute atomic E-state index is 0.0520. The lowest BCUT2D eigenvalue weighted by molar-refractivity contribution is -0.221. The van der Waals surface area contributed by atoms with E-state index in [2.05, 4.69) is 0 Å². The largest absolute Gasteiger partial charge is 0.502 e. The van der Waals surface area contributed by atoms with E-state index in [1.165, 1.54) is 14.2 Å². The summed E-state index contributed by atoms with van der Waals surface area (Å²) in [5.74, 6) is -0.679. The SMILES string of the molecule is COc1cc([C@@H]2c3cc4c(cc3[C@@H](O[C@H]3O[C@H](COCc5ccccc5)[C@@H](OCc5ccccc5)[C@@H]3OCc3ccccc3)[C@H]3COC(=O)C23)OCO4)cc(OC)c1O. The molecule has 2 saturated heterocycles. The molecule has 3 aliphatic heterocycles. The first-order chi connectivity index (χ1) is 29.0. The Balaban J connectivity index is 1.09. The third-order valence-electron chi connectivity index (χ3n) is 11.5. The molecule has 0 amide bonds. The van der Waals surface area contributed by atoms with Crippen LogP contribution in [0.15, 0.2) is 115 Å². The molecule has 0 aromatic heterocycles. The summed E-state index contributed by atoms with van der Waals surface area (Å²) in [4.78, 5) is 13.9. The fraction of sp³-hybridized carbons (Fsp3) is 0.340. The van der Waals surface area contributed by atoms with Crippen LogP contribution in [0, 0.1) is 11.8 Å². The lowest BCUT2D eigenvalue weighted by Gasteiger charge is -2.40. The lowest BCUT2D eigenvalue weighted by atomic mass is 9.66. The van der Waals surface area contributed by atoms with Gasteiger partial charge in [-0.25, -0.2) is 0 Å². The molecule has 8 atom stereocenters. The molecule has 12 heteroatoms. The predicted octanol–water partition coefficient (Wildman–Crippen LogP) is 7.24. The van der Waals surface area contributed by atoms with E-state index >= 15 is 0 Å². The van der Waals surface area contributed by atoms with E-state index in [0.29, 0.717) is 30.3 Å². The highest BCUT2D eigenvalue weighted by Gasteiger charge is 2.56. The van der Waals surface area contributed by atoms with Gasteiger partial charge in [0.15, 0.2) is 29.3 Å². The van der Waals surface area contributed by atoms with Gasteiger partial charge in [0.2, 0.25) is 12.5 Å². The molecule has 1 aliphatic carbocycles. The Morgan fingerprint density at radius 3 is 1.83 bits per heavy atom. The van der Waals surface area contributed by atoms with E-state index in [4.69, 9.17) is 47.4 Å². The van der Waals surface area contributed by atoms with Crippen LogP contribution in [0.4, 0.5) is 0 Å². The fourth-order valence-electron chi connectivity index (χ4n) is 8.64. The Kier molecular flexibility index (Phi) is 11.4. The van der Waals surface area contributed by atoms with Crippen LogP contribution in [0.2, 0.25) is 0 Å². The zero-order valence-electron chi connectivity index (χ0n) is 32.8. The second-order valence-corrected chi connectivity index (χ2v) is 15.0. The van der Waals surface area contributed by atoms with E-state index in [1.807, 2.05) is 103 Å². The quantitative estimate of drug-likeness (QED) is 0.107. The van der Waals surface area contributed by atoms with Crippen molar-refractivity contribution in [3.05, 3.63) is 149 Å². The molecular formula is C47H46O12. The molecule has 59 heavy (non-hydrogen) atoms. The van der Waals surface area contributed by atoms with Crippen molar-refractivity contribution in [3.63, 3.8) is 0 Å². The first-order valence-electron chi connectivity index (χ1n) is 19.8. The van der Waals surface area contributed by atoms with Crippen LogP contribution in [0.3, 0.4) is 0 Å². The van der Waals surface area contributed by atoms with Gasteiger partial charge in [0.05, 0.1) is 59.3 Å². The van der Waals surface area contributed by atoms with Crippen molar-refractivity contribution in [2.45, 2.75) is 56.4 Å². The number of phenolic OH excluding ortho intramolecular Hbond substituents is 1. The first-order valence-corrected chi connectivity index (χ1v) is 19.8. The molecule has 0 spiro atoms. The third kappa shape index (κ3) is 7.94. The van der Waals surface area contributed by atoms with E-state index in [1.54, 1.807) is 12.1 Å². The maximum Gasteiger partial charge on any atom is 0.310 e. The topological polar surface area (TPSA) is 130 Å². The summed E-state index contributed by atoms with van der Waals surface area (Å²) >= 11 is 0. The molecule has 2 fully saturated rings. The number of aromatic hydroxyl groups is 1. The molecular weight excluding hydrogens is 757 g/mol. The van der Waals surface area contributed by atoms with Crippen LogP contribution in [-0.2, 0) is 53.0 Å². The predicted molar refractivity (Wildman–Crippen MR) is 212 cm³/mol. The molecule has 9 rings (SSSR count). The fourth-order valence-corrected chi connectivity index (χ4v) is 8.64. The first kappa shape index (κ1) is 38.9. The third-order valence-corrected chi connectivity index (χ3v) is 11.5. The maximum absolute atomic E-state index is 13.9. The van der Waals surface area contributed by atoms with Gasteiger partial charge in [-0.1, -0.05) is 91.0 Å². The van der Waals surface area contributed by atoms with Crippen molar-refractivity contribution in [2.75, 3.05) is 34.2 Å². The van der Waals surface area contributed by atoms with E-state index in [0.717, 1.165) is 27.8 Å². The molecule has 1 unspecified atom stereocenters. The smallest absolute Gasteiger partial charge is 0.310 e. The Morgan fingerprint density at radius 2 is 1.24 bits per heavy atom. The van der Waals surface area contributed by atoms with Crippen molar-refractivity contribution in [2.24, 2.45) is 11.8 Å². The van der Waals surface area contributed by atoms with Gasteiger partial charge in [0, 0.05) is 11.8 Å². The van der Waals surface area contributed by atoms with Crippen LogP contribution in [0.1, 0.15) is 45.4 Å². The van der Waals surface area contributed by atoms with Crippen molar-refractivity contribution < 1.29 is 57.3 Å². The van der Waals surface area contributed by atoms with E-state index < -0.39 is 48.5 Å². The summed E-state index contributed by atoms with van der Waals surface area (Å²) in [5, 5.41) is 10.8. The minimum atomic E-state index is -0.949. The highest BCUT2D eigenvalue weighted by molar-refractivity contribution is 5.79. The zero-order valence-corrected chi connectivity index (χ0v) is 32.8. The number of methoxy groups -OCH3 is 2. The average molecular weight is 803 g/mol. The van der Waals surface area contributed by atoms with Crippen molar-refractivity contribution in [3.8, 4) is 28.7 Å². The van der Waals surface area contributed by atoms with Gasteiger partial charge in [-0.2, -0.15) is 0 Å². The second kappa shape index (κ2) is 17.3. The number of esters is 1. The van der Waals surface area contributed by atoms with Gasteiger partial charge in [-0.3, -0.25) is 4.79 Å². The number of cyclic esters (lactones) is 1.